The summed E-state index contributed by atoms with van der Waals surface area (Å²) in [6.07, 6.45) is 29.5. The maximum absolute atomic E-state index is 7.53. The minimum atomic E-state index is -0.432. The number of hydrogen-bond acceptors (Lipinski definition) is 4. The molecule has 3 aromatic heterocycles. The van der Waals surface area contributed by atoms with Crippen LogP contribution >= 0.6 is 0 Å². The lowest BCUT2D eigenvalue weighted by Crippen LogP contribution is -2.26. The molecule has 0 aliphatic heterocycles. The summed E-state index contributed by atoms with van der Waals surface area (Å²) in [5.74, 6) is 0. The average Bonchev–Trinajstić information content (AvgIpc) is 1.50. The number of fused-ring (bicyclic) bond motifs is 35. The van der Waals surface area contributed by atoms with Crippen molar-refractivity contribution >= 4 is 82.9 Å². The van der Waals surface area contributed by atoms with E-state index in [2.05, 4.69) is 387 Å². The Hall–Kier alpha value is -13.3. The van der Waals surface area contributed by atoms with Gasteiger partial charge in [0.25, 0.3) is 0 Å². The predicted octanol–water partition coefficient (Wildman–Crippen LogP) is 41.4. The Balaban J connectivity index is 0.609. The summed E-state index contributed by atoms with van der Waals surface area (Å²) in [7, 11) is 0. The van der Waals surface area contributed by atoms with Crippen molar-refractivity contribution in [3.8, 4) is 111 Å². The van der Waals surface area contributed by atoms with Gasteiger partial charge in [0.2, 0.25) is 0 Å². The van der Waals surface area contributed by atoms with Crippen LogP contribution in [0, 0.1) is 0 Å². The fourth-order valence-corrected chi connectivity index (χ4v) is 29.7. The molecule has 7 aliphatic rings. The van der Waals surface area contributed by atoms with Crippen molar-refractivity contribution in [1.82, 2.24) is 0 Å². The highest BCUT2D eigenvalue weighted by Crippen LogP contribution is 2.68. The van der Waals surface area contributed by atoms with E-state index in [-0.39, 0.29) is 32.5 Å². The maximum atomic E-state index is 7.53. The van der Waals surface area contributed by atoms with Gasteiger partial charge in [-0.25, -0.2) is 0 Å². The number of para-hydroxylation sites is 3. The Morgan fingerprint density at radius 1 is 0.200 bits per heavy atom. The Morgan fingerprint density at radius 2 is 0.545 bits per heavy atom. The monoisotopic (exact) mass is 1890 g/mol. The Bertz CT molecular complexity index is 8510. The second kappa shape index (κ2) is 34.4. The molecule has 0 N–H and O–H groups in total. The number of anilines is 3. The molecule has 0 saturated carbocycles. The highest BCUT2D eigenvalue weighted by Gasteiger charge is 2.52. The van der Waals surface area contributed by atoms with Gasteiger partial charge in [-0.3, -0.25) is 0 Å². The van der Waals surface area contributed by atoms with E-state index in [0.29, 0.717) is 0 Å². The topological polar surface area (TPSA) is 42.7 Å². The largest absolute Gasteiger partial charge is 0.456 e. The SMILES string of the molecule is CCCCCCCC1(CCCCCCC)c2ccccc2-c2ccc(-c3ccc4c(c3)C(C)(C)c3cc(-c5ccc(-c6cc7c(c8c6oc6ccccc68)-c6ccc(N(c8ccc9c(c8)C(C)(C)c8cc%10c(cc8-9)C(C)(C)c8ccc9oc%11ccccc%11c9c8-%10)c8ccc9c(c8)C(C)(C)c8c%10c(c%11oc%12ccccc%12c%11c8-9)-c8ccccc8C%10(C)C)cc6C7(CCCCCCC)CCCCCCC)cc5)ccc3-4)cc21. The van der Waals surface area contributed by atoms with Gasteiger partial charge in [-0.2, -0.15) is 0 Å². The summed E-state index contributed by atoms with van der Waals surface area (Å²) in [5.41, 5.74) is 53.2. The van der Waals surface area contributed by atoms with Crippen LogP contribution in [0.2, 0.25) is 0 Å². The second-order valence-electron chi connectivity index (χ2n) is 47.3. The summed E-state index contributed by atoms with van der Waals surface area (Å²) < 4.78 is 21.5. The lowest BCUT2D eigenvalue weighted by molar-refractivity contribution is 0.399. The highest BCUT2D eigenvalue weighted by molar-refractivity contribution is 6.23. The molecule has 724 valence electrons. The van der Waals surface area contributed by atoms with Gasteiger partial charge in [0.15, 0.2) is 0 Å². The zero-order chi connectivity index (χ0) is 98.7. The van der Waals surface area contributed by atoms with Crippen molar-refractivity contribution < 1.29 is 13.3 Å². The Morgan fingerprint density at radius 3 is 1.12 bits per heavy atom. The molecule has 145 heavy (non-hydrogen) atoms. The van der Waals surface area contributed by atoms with Crippen LogP contribution in [0.5, 0.6) is 0 Å². The van der Waals surface area contributed by atoms with Crippen LogP contribution < -0.4 is 4.90 Å². The van der Waals surface area contributed by atoms with Crippen molar-refractivity contribution in [2.75, 3.05) is 4.90 Å². The molecule has 0 fully saturated rings. The predicted molar refractivity (Wildman–Crippen MR) is 613 cm³/mol. The van der Waals surface area contributed by atoms with Crippen LogP contribution in [-0.4, -0.2) is 0 Å². The third-order valence-corrected chi connectivity index (χ3v) is 37.2. The zero-order valence-corrected chi connectivity index (χ0v) is 87.8. The van der Waals surface area contributed by atoms with Crippen LogP contribution in [0.25, 0.3) is 177 Å². The standard InChI is InChI=1S/C141H137NO3/c1-15-19-23-27-41-73-140(74-42-28-24-20-16-2)109-51-37-31-45-94(109)97-67-61-90(79-117(97)140)89-60-66-96-95-65-59-88(77-111(95)136(7,8)112(96)78-89)86-55-57-87(58-56-86)105-83-119-124(128-103-48-34-39-53-121(103)144-133(105)128)101-70-64-93(82-118(101)141(119,75-43-29-25-21-17-3)76-44-30-26-22-18-4)142(91-62-68-98-106-84-116-107(85-115(106)137(9,10)113(98)80-91)125-110(135(116,5)6)71-72-123-126(125)102-47-33-38-52-120(102)143-123)92-63-69-100-114(81-92)139(13,14)131-127(100)129-104-49-35-40-54-122(104)145-134(129)130-99-46-32-36-50-108(99)138(11,12)132(130)131/h31-40,45-72,77-85H,15-30,41-44,73-76H2,1-14H3. The lowest BCUT2D eigenvalue weighted by Gasteiger charge is -2.35. The van der Waals surface area contributed by atoms with Gasteiger partial charge in [0.05, 0.1) is 0 Å². The molecule has 0 amide bonds. The normalized spacial score (nSPS) is 15.9. The first-order chi connectivity index (χ1) is 70.5. The molecule has 3 heterocycles. The molecule has 16 aromatic carbocycles. The summed E-state index contributed by atoms with van der Waals surface area (Å²) >= 11 is 0. The van der Waals surface area contributed by atoms with E-state index in [0.717, 1.165) is 70.6 Å². The minimum Gasteiger partial charge on any atom is -0.456 e. The zero-order valence-electron chi connectivity index (χ0n) is 87.8. The van der Waals surface area contributed by atoms with Crippen LogP contribution in [0.15, 0.2) is 298 Å². The molecular formula is C141H137NO3. The maximum Gasteiger partial charge on any atom is 0.144 e. The molecule has 7 aliphatic carbocycles. The van der Waals surface area contributed by atoms with Gasteiger partial charge in [0, 0.05) is 98.4 Å². The molecule has 4 heteroatoms. The fraction of sp³-hybridized carbons (Fsp3) is 0.319. The molecule has 0 radical (unpaired) electrons. The number of nitrogens with zero attached hydrogens (tertiary/aromatic N) is 1. The summed E-state index contributed by atoms with van der Waals surface area (Å²) in [4.78, 5) is 2.69. The molecular weight excluding hydrogens is 1760 g/mol. The van der Waals surface area contributed by atoms with Crippen molar-refractivity contribution in [1.29, 1.82) is 0 Å². The molecule has 0 unspecified atom stereocenters. The number of unbranched alkanes of at least 4 members (excludes halogenated alkanes) is 16. The second-order valence-corrected chi connectivity index (χ2v) is 47.3. The summed E-state index contributed by atoms with van der Waals surface area (Å²) in [6, 6.07) is 113. The molecule has 0 atom stereocenters. The van der Waals surface area contributed by atoms with E-state index in [1.807, 2.05) is 0 Å². The van der Waals surface area contributed by atoms with E-state index in [9.17, 15) is 0 Å². The van der Waals surface area contributed by atoms with E-state index >= 15 is 0 Å². The smallest absolute Gasteiger partial charge is 0.144 e. The van der Waals surface area contributed by atoms with Crippen molar-refractivity contribution in [3.05, 3.63) is 363 Å². The first-order valence-electron chi connectivity index (χ1n) is 55.7. The summed E-state index contributed by atoms with van der Waals surface area (Å²) in [5, 5.41) is 7.19. The van der Waals surface area contributed by atoms with Crippen LogP contribution in [0.4, 0.5) is 17.1 Å². The van der Waals surface area contributed by atoms with Crippen LogP contribution in [0.3, 0.4) is 0 Å². The quantitative estimate of drug-likeness (QED) is 0.0421. The van der Waals surface area contributed by atoms with Gasteiger partial charge >= 0.3 is 0 Å². The minimum absolute atomic E-state index is 0.0272. The molecule has 0 bridgehead atoms. The molecule has 19 aromatic rings. The third-order valence-electron chi connectivity index (χ3n) is 37.2. The van der Waals surface area contributed by atoms with E-state index < -0.39 is 5.41 Å². The summed E-state index contributed by atoms with van der Waals surface area (Å²) in [6.45, 7) is 34.2. The number of rotatable bonds is 30. The number of benzene rings is 16. The van der Waals surface area contributed by atoms with Crippen molar-refractivity contribution in [3.63, 3.8) is 0 Å². The molecule has 0 spiro atoms. The first kappa shape index (κ1) is 91.6. The van der Waals surface area contributed by atoms with E-state index in [1.54, 1.807) is 11.1 Å². The molecule has 0 saturated heterocycles. The number of furan rings is 3. The van der Waals surface area contributed by atoms with Crippen LogP contribution in [0.1, 0.15) is 329 Å². The molecule has 4 nitrogen and oxygen atoms in total. The highest BCUT2D eigenvalue weighted by atomic mass is 16.3. The van der Waals surface area contributed by atoms with Gasteiger partial charge in [-0.05, 0) is 301 Å². The van der Waals surface area contributed by atoms with E-state index in [4.69, 9.17) is 13.3 Å². The third kappa shape index (κ3) is 13.6. The van der Waals surface area contributed by atoms with Gasteiger partial charge in [0.1, 0.15) is 33.5 Å². The fourth-order valence-electron chi connectivity index (χ4n) is 29.7. The average molecular weight is 1890 g/mol. The number of hydrogen-bond donors (Lipinski definition) is 0. The molecule has 26 rings (SSSR count). The Labute approximate surface area is 858 Å². The lowest BCUT2D eigenvalue weighted by atomic mass is 9.70. The first-order valence-corrected chi connectivity index (χ1v) is 55.7. The van der Waals surface area contributed by atoms with Crippen LogP contribution in [-0.2, 0) is 37.9 Å². The van der Waals surface area contributed by atoms with Gasteiger partial charge in [-0.15, -0.1) is 0 Å². The van der Waals surface area contributed by atoms with Gasteiger partial charge in [-0.1, -0.05) is 413 Å². The Kier molecular flexibility index (Phi) is 21.8. The van der Waals surface area contributed by atoms with Gasteiger partial charge < -0.3 is 18.2 Å². The van der Waals surface area contributed by atoms with Crippen molar-refractivity contribution in [2.45, 2.75) is 289 Å². The van der Waals surface area contributed by atoms with E-state index in [1.165, 1.54) is 344 Å². The van der Waals surface area contributed by atoms with Crippen molar-refractivity contribution in [2.24, 2.45) is 0 Å².